The lowest BCUT2D eigenvalue weighted by Crippen LogP contribution is -1.98. The normalized spacial score (nSPS) is 11.3. The molecule has 4 rings (SSSR count). The van der Waals surface area contributed by atoms with E-state index in [1.807, 2.05) is 42.2 Å². The molecule has 0 unspecified atom stereocenters. The zero-order valence-corrected chi connectivity index (χ0v) is 14.6. The minimum absolute atomic E-state index is 0.763. The molecule has 0 saturated carbocycles. The van der Waals surface area contributed by atoms with E-state index in [1.54, 1.807) is 11.3 Å². The SMILES string of the molecule is CCn1nc2nc(-c3cnc(C)s3)cc(-c3ccccn3)c2c1C. The highest BCUT2D eigenvalue weighted by Crippen LogP contribution is 2.34. The highest BCUT2D eigenvalue weighted by Gasteiger charge is 2.17. The van der Waals surface area contributed by atoms with Crippen LogP contribution in [0.1, 0.15) is 17.6 Å². The van der Waals surface area contributed by atoms with Gasteiger partial charge >= 0.3 is 0 Å². The van der Waals surface area contributed by atoms with Gasteiger partial charge in [-0.1, -0.05) is 6.07 Å². The van der Waals surface area contributed by atoms with Gasteiger partial charge in [0.25, 0.3) is 0 Å². The number of thiazole rings is 1. The van der Waals surface area contributed by atoms with Crippen molar-refractivity contribution in [3.63, 3.8) is 0 Å². The van der Waals surface area contributed by atoms with Gasteiger partial charge in [0.05, 0.1) is 26.7 Å². The summed E-state index contributed by atoms with van der Waals surface area (Å²) < 4.78 is 1.99. The molecule has 0 aromatic carbocycles. The molecule has 24 heavy (non-hydrogen) atoms. The van der Waals surface area contributed by atoms with Crippen molar-refractivity contribution < 1.29 is 0 Å². The van der Waals surface area contributed by atoms with Gasteiger partial charge in [-0.3, -0.25) is 9.67 Å². The van der Waals surface area contributed by atoms with Crippen LogP contribution in [0.15, 0.2) is 36.7 Å². The molecular formula is C18H17N5S. The molecule has 4 aromatic rings. The lowest BCUT2D eigenvalue weighted by Gasteiger charge is -2.06. The number of aromatic nitrogens is 5. The highest BCUT2D eigenvalue weighted by atomic mass is 32.1. The molecule has 0 atom stereocenters. The maximum absolute atomic E-state index is 4.79. The molecule has 0 aliphatic heterocycles. The van der Waals surface area contributed by atoms with E-state index in [0.29, 0.717) is 0 Å². The van der Waals surface area contributed by atoms with E-state index in [2.05, 4.69) is 35.0 Å². The summed E-state index contributed by atoms with van der Waals surface area (Å²) in [5.74, 6) is 0. The molecule has 0 saturated heterocycles. The van der Waals surface area contributed by atoms with Gasteiger partial charge in [0.15, 0.2) is 5.65 Å². The van der Waals surface area contributed by atoms with Crippen molar-refractivity contribution in [2.75, 3.05) is 0 Å². The Morgan fingerprint density at radius 2 is 2.00 bits per heavy atom. The van der Waals surface area contributed by atoms with Crippen molar-refractivity contribution in [3.05, 3.63) is 47.4 Å². The standard InChI is InChI=1S/C18H17N5S/c1-4-23-11(2)17-13(14-7-5-6-8-19-14)9-15(21-18(17)22-23)16-10-20-12(3)24-16/h5-10H,4H2,1-3H3. The van der Waals surface area contributed by atoms with Crippen LogP contribution in [0.3, 0.4) is 0 Å². The van der Waals surface area contributed by atoms with Crippen molar-refractivity contribution in [3.8, 4) is 21.8 Å². The summed E-state index contributed by atoms with van der Waals surface area (Å²) in [7, 11) is 0. The molecule has 0 N–H and O–H groups in total. The van der Waals surface area contributed by atoms with E-state index < -0.39 is 0 Å². The fraction of sp³-hybridized carbons (Fsp3) is 0.222. The van der Waals surface area contributed by atoms with E-state index in [9.17, 15) is 0 Å². The predicted octanol–water partition coefficient (Wildman–Crippen LogP) is 4.25. The summed E-state index contributed by atoms with van der Waals surface area (Å²) in [4.78, 5) is 14.7. The zero-order valence-electron chi connectivity index (χ0n) is 13.8. The monoisotopic (exact) mass is 335 g/mol. The second-order valence-corrected chi connectivity index (χ2v) is 6.85. The lowest BCUT2D eigenvalue weighted by molar-refractivity contribution is 0.646. The molecular weight excluding hydrogens is 318 g/mol. The van der Waals surface area contributed by atoms with Crippen LogP contribution in [0.4, 0.5) is 0 Å². The van der Waals surface area contributed by atoms with Crippen LogP contribution in [-0.4, -0.2) is 24.7 Å². The average molecular weight is 335 g/mol. The number of nitrogens with zero attached hydrogens (tertiary/aromatic N) is 5. The zero-order chi connectivity index (χ0) is 16.7. The van der Waals surface area contributed by atoms with Gasteiger partial charge in [-0.2, -0.15) is 5.10 Å². The van der Waals surface area contributed by atoms with Gasteiger partial charge in [-0.15, -0.1) is 11.3 Å². The van der Waals surface area contributed by atoms with Crippen molar-refractivity contribution >= 4 is 22.4 Å². The Labute approximate surface area is 144 Å². The summed E-state index contributed by atoms with van der Waals surface area (Å²) in [5, 5.41) is 6.77. The minimum atomic E-state index is 0.763. The van der Waals surface area contributed by atoms with Gasteiger partial charge in [0, 0.05) is 30.2 Å². The van der Waals surface area contributed by atoms with Crippen LogP contribution in [0.25, 0.3) is 32.9 Å². The van der Waals surface area contributed by atoms with E-state index in [1.165, 1.54) is 0 Å². The minimum Gasteiger partial charge on any atom is -0.267 e. The van der Waals surface area contributed by atoms with Crippen LogP contribution >= 0.6 is 11.3 Å². The molecule has 0 aliphatic rings. The fourth-order valence-corrected chi connectivity index (χ4v) is 3.66. The van der Waals surface area contributed by atoms with Crippen molar-refractivity contribution in [1.82, 2.24) is 24.7 Å². The first-order valence-electron chi connectivity index (χ1n) is 7.89. The fourth-order valence-electron chi connectivity index (χ4n) is 2.92. The van der Waals surface area contributed by atoms with Crippen LogP contribution in [-0.2, 0) is 6.54 Å². The summed E-state index contributed by atoms with van der Waals surface area (Å²) in [5.41, 5.74) is 4.78. The van der Waals surface area contributed by atoms with Gasteiger partial charge < -0.3 is 0 Å². The first-order chi connectivity index (χ1) is 11.7. The number of hydrogen-bond donors (Lipinski definition) is 0. The molecule has 0 bridgehead atoms. The summed E-state index contributed by atoms with van der Waals surface area (Å²) in [6.07, 6.45) is 3.69. The first-order valence-corrected chi connectivity index (χ1v) is 8.71. The van der Waals surface area contributed by atoms with Crippen LogP contribution < -0.4 is 0 Å². The maximum atomic E-state index is 4.79. The Morgan fingerprint density at radius 1 is 1.12 bits per heavy atom. The summed E-state index contributed by atoms with van der Waals surface area (Å²) in [6.45, 7) is 7.00. The van der Waals surface area contributed by atoms with Gasteiger partial charge in [0.2, 0.25) is 0 Å². The summed E-state index contributed by atoms with van der Waals surface area (Å²) in [6, 6.07) is 8.06. The Kier molecular flexibility index (Phi) is 3.61. The molecule has 0 fully saturated rings. The molecule has 4 aromatic heterocycles. The third-order valence-corrected chi connectivity index (χ3v) is 5.01. The number of aryl methyl sites for hydroxylation is 3. The molecule has 4 heterocycles. The topological polar surface area (TPSA) is 56.5 Å². The molecule has 6 heteroatoms. The molecule has 0 radical (unpaired) electrons. The average Bonchev–Trinajstić information content (AvgIpc) is 3.18. The third-order valence-electron chi connectivity index (χ3n) is 4.08. The predicted molar refractivity (Wildman–Crippen MR) is 97.0 cm³/mol. The smallest absolute Gasteiger partial charge is 0.182 e. The van der Waals surface area contributed by atoms with E-state index in [0.717, 1.165) is 50.1 Å². The van der Waals surface area contributed by atoms with Crippen molar-refractivity contribution in [1.29, 1.82) is 0 Å². The number of pyridine rings is 2. The van der Waals surface area contributed by atoms with E-state index in [4.69, 9.17) is 4.98 Å². The third kappa shape index (κ3) is 2.39. The molecule has 0 aliphatic carbocycles. The van der Waals surface area contributed by atoms with Crippen molar-refractivity contribution in [2.24, 2.45) is 0 Å². The quantitative estimate of drug-likeness (QED) is 0.561. The molecule has 0 spiro atoms. The number of fused-ring (bicyclic) bond motifs is 1. The lowest BCUT2D eigenvalue weighted by atomic mass is 10.1. The van der Waals surface area contributed by atoms with Gasteiger partial charge in [-0.25, -0.2) is 9.97 Å². The Balaban J connectivity index is 2.04. The molecule has 120 valence electrons. The first kappa shape index (κ1) is 15.0. The van der Waals surface area contributed by atoms with E-state index in [-0.39, 0.29) is 0 Å². The number of hydrogen-bond acceptors (Lipinski definition) is 5. The van der Waals surface area contributed by atoms with Crippen molar-refractivity contribution in [2.45, 2.75) is 27.3 Å². The van der Waals surface area contributed by atoms with Gasteiger partial charge in [0.1, 0.15) is 0 Å². The molecule has 5 nitrogen and oxygen atoms in total. The molecule has 0 amide bonds. The second-order valence-electron chi connectivity index (χ2n) is 5.61. The van der Waals surface area contributed by atoms with Crippen LogP contribution in [0.5, 0.6) is 0 Å². The Hall–Kier alpha value is -2.60. The Bertz CT molecular complexity index is 1020. The highest BCUT2D eigenvalue weighted by molar-refractivity contribution is 7.15. The van der Waals surface area contributed by atoms with Crippen LogP contribution in [0, 0.1) is 13.8 Å². The summed E-state index contributed by atoms with van der Waals surface area (Å²) >= 11 is 1.64. The maximum Gasteiger partial charge on any atom is 0.182 e. The van der Waals surface area contributed by atoms with Gasteiger partial charge in [-0.05, 0) is 39.0 Å². The largest absolute Gasteiger partial charge is 0.267 e. The number of rotatable bonds is 3. The van der Waals surface area contributed by atoms with Crippen LogP contribution in [0.2, 0.25) is 0 Å². The van der Waals surface area contributed by atoms with E-state index >= 15 is 0 Å². The Morgan fingerprint density at radius 3 is 2.67 bits per heavy atom. The second kappa shape index (κ2) is 5.79.